The molecule has 0 amide bonds. The molecule has 0 aliphatic carbocycles. The lowest BCUT2D eigenvalue weighted by Gasteiger charge is -2.28. The normalized spacial score (nSPS) is 15.3. The fourth-order valence-electron chi connectivity index (χ4n) is 1.00. The molecule has 1 N–H and O–H groups in total. The van der Waals surface area contributed by atoms with Crippen molar-refractivity contribution >= 4 is 11.5 Å². The molecule has 0 unspecified atom stereocenters. The Balaban J connectivity index is 2.17. The Bertz CT molecular complexity index is 319. The zero-order valence-electron chi connectivity index (χ0n) is 6.98. The number of hydrogen-bond acceptors (Lipinski definition) is 5. The smallest absolute Gasteiger partial charge is 0.159 e. The average Bonchev–Trinajstić information content (AvgIpc) is 2.02. The zero-order chi connectivity index (χ0) is 9.26. The van der Waals surface area contributed by atoms with Crippen LogP contribution >= 0.6 is 0 Å². The predicted molar refractivity (Wildman–Crippen MR) is 44.2 cm³/mol. The van der Waals surface area contributed by atoms with Gasteiger partial charge < -0.3 is 0 Å². The van der Waals surface area contributed by atoms with Crippen molar-refractivity contribution in [3.05, 3.63) is 29.8 Å². The Hall–Kier alpha value is -1.43. The van der Waals surface area contributed by atoms with Crippen LogP contribution in [-0.2, 0) is 9.98 Å². The summed E-state index contributed by atoms with van der Waals surface area (Å²) in [5.41, 5.74) is 3.88. The van der Waals surface area contributed by atoms with Crippen LogP contribution in [0.4, 0.5) is 5.69 Å². The number of nitrogens with one attached hydrogen (secondary N) is 1. The quantitative estimate of drug-likeness (QED) is 0.543. The Labute approximate surface area is 74.7 Å². The second kappa shape index (κ2) is 3.14. The summed E-state index contributed by atoms with van der Waals surface area (Å²) in [4.78, 5) is 19.8. The topological polar surface area (TPSA) is 50.8 Å². The summed E-state index contributed by atoms with van der Waals surface area (Å²) in [6, 6.07) is 6.96. The van der Waals surface area contributed by atoms with Gasteiger partial charge in [0.25, 0.3) is 0 Å². The molecule has 0 spiro atoms. The van der Waals surface area contributed by atoms with E-state index >= 15 is 0 Å². The number of ketones is 1. The molecule has 0 radical (unpaired) electrons. The summed E-state index contributed by atoms with van der Waals surface area (Å²) in [6.07, 6.45) is 0. The first-order valence-corrected chi connectivity index (χ1v) is 3.78. The molecule has 1 aliphatic rings. The van der Waals surface area contributed by atoms with Gasteiger partial charge in [0.1, 0.15) is 0 Å². The van der Waals surface area contributed by atoms with E-state index in [2.05, 4.69) is 15.6 Å². The molecule has 5 heteroatoms. The summed E-state index contributed by atoms with van der Waals surface area (Å²) in [5, 5.41) is 1.34. The number of nitrogens with zero attached hydrogens (tertiary/aromatic N) is 1. The van der Waals surface area contributed by atoms with Crippen molar-refractivity contribution in [2.45, 2.75) is 6.92 Å². The molecule has 1 fully saturated rings. The van der Waals surface area contributed by atoms with E-state index in [4.69, 9.17) is 0 Å². The molecule has 1 aliphatic heterocycles. The number of carbonyl (C=O) groups excluding carboxylic acids is 1. The van der Waals surface area contributed by atoms with Gasteiger partial charge in [0.05, 0.1) is 5.69 Å². The highest BCUT2D eigenvalue weighted by molar-refractivity contribution is 5.94. The third-order valence-electron chi connectivity index (χ3n) is 1.74. The van der Waals surface area contributed by atoms with Crippen molar-refractivity contribution in [3.8, 4) is 0 Å². The second-order valence-electron chi connectivity index (χ2n) is 2.65. The van der Waals surface area contributed by atoms with E-state index in [-0.39, 0.29) is 5.78 Å². The fourth-order valence-corrected chi connectivity index (χ4v) is 1.00. The van der Waals surface area contributed by atoms with Gasteiger partial charge in [-0.15, -0.1) is 5.17 Å². The van der Waals surface area contributed by atoms with Gasteiger partial charge in [0, 0.05) is 5.56 Å². The molecule has 1 aromatic rings. The van der Waals surface area contributed by atoms with Crippen LogP contribution in [-0.4, -0.2) is 5.78 Å². The monoisotopic (exact) mass is 180 g/mol. The van der Waals surface area contributed by atoms with Crippen molar-refractivity contribution in [1.82, 2.24) is 5.59 Å². The van der Waals surface area contributed by atoms with E-state index < -0.39 is 0 Å². The van der Waals surface area contributed by atoms with Gasteiger partial charge in [-0.05, 0) is 36.8 Å². The van der Waals surface area contributed by atoms with Crippen LogP contribution in [0.3, 0.4) is 0 Å². The lowest BCUT2D eigenvalue weighted by Crippen LogP contribution is -2.49. The fraction of sp³-hybridized carbons (Fsp3) is 0.125. The molecule has 0 bridgehead atoms. The molecular formula is C8H8N2O3. The maximum atomic E-state index is 10.9. The molecule has 5 nitrogen and oxygen atoms in total. The Morgan fingerprint density at radius 3 is 2.38 bits per heavy atom. The molecule has 0 atom stereocenters. The van der Waals surface area contributed by atoms with Gasteiger partial charge in [-0.25, -0.2) is 0 Å². The minimum atomic E-state index is 0.0419. The van der Waals surface area contributed by atoms with E-state index in [1.165, 1.54) is 12.1 Å². The largest absolute Gasteiger partial charge is 0.295 e. The van der Waals surface area contributed by atoms with Crippen LogP contribution in [0.1, 0.15) is 17.3 Å². The molecule has 68 valence electrons. The van der Waals surface area contributed by atoms with Crippen LogP contribution in [0.25, 0.3) is 0 Å². The summed E-state index contributed by atoms with van der Waals surface area (Å²) >= 11 is 0. The number of carbonyl (C=O) groups is 1. The standard InChI is InChI=1S/C8H8N2O3/c1-6(11)7-2-4-8(5-3-7)10-9-12-13-10/h2-5,9H,1H3. The average molecular weight is 180 g/mol. The summed E-state index contributed by atoms with van der Waals surface area (Å²) in [6.45, 7) is 1.52. The van der Waals surface area contributed by atoms with E-state index in [1.807, 2.05) is 0 Å². The van der Waals surface area contributed by atoms with Crippen molar-refractivity contribution in [2.75, 3.05) is 5.17 Å². The van der Waals surface area contributed by atoms with Gasteiger partial charge in [0.2, 0.25) is 0 Å². The summed E-state index contributed by atoms with van der Waals surface area (Å²) < 4.78 is 0. The number of anilines is 1. The van der Waals surface area contributed by atoms with Crippen LogP contribution in [0.2, 0.25) is 0 Å². The molecule has 1 heterocycles. The lowest BCUT2D eigenvalue weighted by atomic mass is 10.1. The lowest BCUT2D eigenvalue weighted by molar-refractivity contribution is -0.462. The Morgan fingerprint density at radius 2 is 2.00 bits per heavy atom. The van der Waals surface area contributed by atoms with Crippen LogP contribution in [0, 0.1) is 0 Å². The minimum absolute atomic E-state index is 0.0419. The third kappa shape index (κ3) is 1.52. The zero-order valence-corrected chi connectivity index (χ0v) is 6.98. The molecular weight excluding hydrogens is 172 g/mol. The molecule has 0 saturated carbocycles. The van der Waals surface area contributed by atoms with Crippen molar-refractivity contribution in [1.29, 1.82) is 0 Å². The van der Waals surface area contributed by atoms with Crippen molar-refractivity contribution < 1.29 is 14.8 Å². The number of benzene rings is 1. The highest BCUT2D eigenvalue weighted by Gasteiger charge is 2.17. The second-order valence-corrected chi connectivity index (χ2v) is 2.65. The first kappa shape index (κ1) is 8.18. The van der Waals surface area contributed by atoms with Gasteiger partial charge in [-0.3, -0.25) is 4.79 Å². The summed E-state index contributed by atoms with van der Waals surface area (Å²) in [5.74, 6) is 0.0419. The van der Waals surface area contributed by atoms with Gasteiger partial charge >= 0.3 is 0 Å². The van der Waals surface area contributed by atoms with Gasteiger partial charge in [-0.1, -0.05) is 9.98 Å². The highest BCUT2D eigenvalue weighted by Crippen LogP contribution is 2.17. The Kier molecular flexibility index (Phi) is 1.97. The van der Waals surface area contributed by atoms with E-state index in [1.54, 1.807) is 24.3 Å². The SMILES string of the molecule is CC(=O)c1ccc(N2NOO2)cc1. The molecule has 1 aromatic carbocycles. The van der Waals surface area contributed by atoms with Crippen LogP contribution in [0.15, 0.2) is 24.3 Å². The first-order valence-electron chi connectivity index (χ1n) is 3.78. The van der Waals surface area contributed by atoms with Crippen LogP contribution < -0.4 is 10.8 Å². The maximum absolute atomic E-state index is 10.9. The molecule has 13 heavy (non-hydrogen) atoms. The third-order valence-corrected chi connectivity index (χ3v) is 1.74. The molecule has 1 saturated heterocycles. The van der Waals surface area contributed by atoms with Crippen LogP contribution in [0.5, 0.6) is 0 Å². The minimum Gasteiger partial charge on any atom is -0.295 e. The van der Waals surface area contributed by atoms with Crippen molar-refractivity contribution in [3.63, 3.8) is 0 Å². The molecule has 0 aromatic heterocycles. The number of hydrazine groups is 1. The molecule has 2 rings (SSSR count). The van der Waals surface area contributed by atoms with E-state index in [9.17, 15) is 4.79 Å². The maximum Gasteiger partial charge on any atom is 0.159 e. The van der Waals surface area contributed by atoms with E-state index in [0.29, 0.717) is 5.56 Å². The predicted octanol–water partition coefficient (Wildman–Crippen LogP) is 0.992. The number of hydrogen-bond donors (Lipinski definition) is 1. The van der Waals surface area contributed by atoms with E-state index in [0.717, 1.165) is 5.69 Å². The number of Topliss-reactive ketones (excluding diaryl/α,β-unsaturated/α-hetero) is 1. The summed E-state index contributed by atoms with van der Waals surface area (Å²) in [7, 11) is 0. The van der Waals surface area contributed by atoms with Gasteiger partial charge in [0.15, 0.2) is 5.78 Å². The first-order chi connectivity index (χ1) is 6.27. The highest BCUT2D eigenvalue weighted by atomic mass is 17.4. The Morgan fingerprint density at radius 1 is 1.38 bits per heavy atom. The number of rotatable bonds is 2. The van der Waals surface area contributed by atoms with Gasteiger partial charge in [-0.2, -0.15) is 0 Å². The van der Waals surface area contributed by atoms with Crippen molar-refractivity contribution in [2.24, 2.45) is 0 Å².